The van der Waals surface area contributed by atoms with Crippen LogP contribution in [0.1, 0.15) is 18.9 Å². The van der Waals surface area contributed by atoms with E-state index in [0.29, 0.717) is 18.4 Å². The highest BCUT2D eigenvalue weighted by molar-refractivity contribution is 9.10. The molecule has 6 heteroatoms. The summed E-state index contributed by atoms with van der Waals surface area (Å²) < 4.78 is 14.4. The van der Waals surface area contributed by atoms with Crippen molar-refractivity contribution in [2.75, 3.05) is 19.6 Å². The van der Waals surface area contributed by atoms with Gasteiger partial charge in [0.15, 0.2) is 0 Å². The van der Waals surface area contributed by atoms with Crippen LogP contribution in [-0.4, -0.2) is 36.5 Å². The molecule has 20 heavy (non-hydrogen) atoms. The highest BCUT2D eigenvalue weighted by Crippen LogP contribution is 2.17. The van der Waals surface area contributed by atoms with Crippen molar-refractivity contribution in [3.05, 3.63) is 34.1 Å². The van der Waals surface area contributed by atoms with Crippen LogP contribution in [0.4, 0.5) is 4.39 Å². The molecule has 1 aliphatic heterocycles. The zero-order chi connectivity index (χ0) is 13.8. The van der Waals surface area contributed by atoms with E-state index in [9.17, 15) is 9.18 Å². The van der Waals surface area contributed by atoms with Gasteiger partial charge in [0, 0.05) is 36.6 Å². The van der Waals surface area contributed by atoms with Gasteiger partial charge in [0.05, 0.1) is 0 Å². The van der Waals surface area contributed by atoms with Gasteiger partial charge in [-0.1, -0.05) is 22.0 Å². The second kappa shape index (κ2) is 7.96. The van der Waals surface area contributed by atoms with Crippen molar-refractivity contribution in [3.8, 4) is 0 Å². The normalized spacial score (nSPS) is 18.6. The lowest BCUT2D eigenvalue weighted by molar-refractivity contribution is -0.133. The van der Waals surface area contributed by atoms with Gasteiger partial charge >= 0.3 is 0 Å². The van der Waals surface area contributed by atoms with Gasteiger partial charge < -0.3 is 10.2 Å². The Morgan fingerprint density at radius 1 is 1.55 bits per heavy atom. The summed E-state index contributed by atoms with van der Waals surface area (Å²) in [6.07, 6.45) is 0.817. The number of aryl methyl sites for hydroxylation is 1. The fourth-order valence-corrected chi connectivity index (χ4v) is 2.65. The van der Waals surface area contributed by atoms with Gasteiger partial charge in [-0.3, -0.25) is 4.79 Å². The summed E-state index contributed by atoms with van der Waals surface area (Å²) in [6, 6.07) is 5.19. The van der Waals surface area contributed by atoms with Crippen LogP contribution in [0.2, 0.25) is 0 Å². The fourth-order valence-electron chi connectivity index (χ4n) is 2.32. The van der Waals surface area contributed by atoms with Gasteiger partial charge in [-0.25, -0.2) is 4.39 Å². The number of nitrogens with one attached hydrogen (secondary N) is 1. The monoisotopic (exact) mass is 364 g/mol. The number of hydrogen-bond donors (Lipinski definition) is 1. The molecule has 0 saturated carbocycles. The fraction of sp³-hybridized carbons (Fsp3) is 0.500. The first-order valence-corrected chi connectivity index (χ1v) is 7.31. The van der Waals surface area contributed by atoms with E-state index in [0.717, 1.165) is 24.1 Å². The third-order valence-corrected chi connectivity index (χ3v) is 3.94. The lowest BCUT2D eigenvalue weighted by Gasteiger charge is -2.34. The third-order valence-electron chi connectivity index (χ3n) is 3.44. The lowest BCUT2D eigenvalue weighted by atomic mass is 10.1. The van der Waals surface area contributed by atoms with Crippen molar-refractivity contribution in [2.24, 2.45) is 0 Å². The standard InChI is InChI=1S/C14H18BrFN2O.ClH/c1-10-9-17-6-7-18(10)14(19)5-3-11-2-4-12(15)8-13(11)16;/h2,4,8,10,17H,3,5-7,9H2,1H3;1H. The third kappa shape index (κ3) is 4.43. The molecule has 1 saturated heterocycles. The molecule has 1 atom stereocenters. The molecule has 1 aliphatic rings. The highest BCUT2D eigenvalue weighted by Gasteiger charge is 2.22. The summed E-state index contributed by atoms with van der Waals surface area (Å²) in [5.41, 5.74) is 0.597. The maximum atomic E-state index is 13.7. The predicted molar refractivity (Wildman–Crippen MR) is 83.7 cm³/mol. The largest absolute Gasteiger partial charge is 0.337 e. The molecule has 0 aliphatic carbocycles. The molecule has 1 aromatic rings. The van der Waals surface area contributed by atoms with E-state index < -0.39 is 0 Å². The zero-order valence-electron chi connectivity index (χ0n) is 11.4. The van der Waals surface area contributed by atoms with Crippen molar-refractivity contribution in [3.63, 3.8) is 0 Å². The van der Waals surface area contributed by atoms with Crippen molar-refractivity contribution in [1.29, 1.82) is 0 Å². The first-order chi connectivity index (χ1) is 9.08. The van der Waals surface area contributed by atoms with Crippen LogP contribution < -0.4 is 5.32 Å². The van der Waals surface area contributed by atoms with E-state index in [1.165, 1.54) is 6.07 Å². The van der Waals surface area contributed by atoms with Gasteiger partial charge in [0.2, 0.25) is 5.91 Å². The molecule has 0 spiro atoms. The molecule has 1 amide bonds. The molecular weight excluding hydrogens is 347 g/mol. The summed E-state index contributed by atoms with van der Waals surface area (Å²) in [7, 11) is 0. The number of carbonyl (C=O) groups is 1. The summed E-state index contributed by atoms with van der Waals surface area (Å²) in [6.45, 7) is 4.44. The maximum Gasteiger partial charge on any atom is 0.223 e. The number of carbonyl (C=O) groups excluding carboxylic acids is 1. The van der Waals surface area contributed by atoms with Gasteiger partial charge in [-0.05, 0) is 31.0 Å². The van der Waals surface area contributed by atoms with Crippen molar-refractivity contribution >= 4 is 34.2 Å². The lowest BCUT2D eigenvalue weighted by Crippen LogP contribution is -2.52. The Hall–Kier alpha value is -0.650. The van der Waals surface area contributed by atoms with Crippen LogP contribution in [0.15, 0.2) is 22.7 Å². The highest BCUT2D eigenvalue weighted by atomic mass is 79.9. The second-order valence-electron chi connectivity index (χ2n) is 4.88. The molecule has 1 aromatic carbocycles. The SMILES string of the molecule is CC1CNCCN1C(=O)CCc1ccc(Br)cc1F.Cl. The van der Waals surface area contributed by atoms with E-state index in [1.807, 2.05) is 11.8 Å². The van der Waals surface area contributed by atoms with Crippen LogP contribution >= 0.6 is 28.3 Å². The average molecular weight is 366 g/mol. The first kappa shape index (κ1) is 17.4. The van der Waals surface area contributed by atoms with Gasteiger partial charge in [-0.15, -0.1) is 12.4 Å². The van der Waals surface area contributed by atoms with Crippen molar-refractivity contribution in [1.82, 2.24) is 10.2 Å². The zero-order valence-corrected chi connectivity index (χ0v) is 13.8. The van der Waals surface area contributed by atoms with Crippen LogP contribution in [0.25, 0.3) is 0 Å². The molecule has 0 bridgehead atoms. The Morgan fingerprint density at radius 2 is 2.30 bits per heavy atom. The summed E-state index contributed by atoms with van der Waals surface area (Å²) in [4.78, 5) is 14.0. The molecule has 0 aromatic heterocycles. The molecule has 112 valence electrons. The van der Waals surface area contributed by atoms with Crippen LogP contribution in [0, 0.1) is 5.82 Å². The van der Waals surface area contributed by atoms with E-state index in [1.54, 1.807) is 12.1 Å². The number of piperazine rings is 1. The number of hydrogen-bond acceptors (Lipinski definition) is 2. The van der Waals surface area contributed by atoms with Crippen LogP contribution in [0.3, 0.4) is 0 Å². The van der Waals surface area contributed by atoms with E-state index >= 15 is 0 Å². The van der Waals surface area contributed by atoms with Crippen molar-refractivity contribution < 1.29 is 9.18 Å². The summed E-state index contributed by atoms with van der Waals surface area (Å²) in [5, 5.41) is 3.25. The molecule has 3 nitrogen and oxygen atoms in total. The maximum absolute atomic E-state index is 13.7. The molecular formula is C14H19BrClFN2O. The average Bonchev–Trinajstić information content (AvgIpc) is 2.38. The van der Waals surface area contributed by atoms with E-state index in [2.05, 4.69) is 21.2 Å². The van der Waals surface area contributed by atoms with Gasteiger partial charge in [-0.2, -0.15) is 0 Å². The quantitative estimate of drug-likeness (QED) is 0.893. The van der Waals surface area contributed by atoms with Gasteiger partial charge in [0.1, 0.15) is 5.82 Å². The molecule has 1 unspecified atom stereocenters. The molecule has 1 heterocycles. The van der Waals surface area contributed by atoms with Gasteiger partial charge in [0.25, 0.3) is 0 Å². The number of benzene rings is 1. The summed E-state index contributed by atoms with van der Waals surface area (Å²) in [5.74, 6) is -0.146. The minimum atomic E-state index is -0.254. The Kier molecular flexibility index (Phi) is 6.92. The molecule has 2 rings (SSSR count). The molecule has 1 fully saturated rings. The van der Waals surface area contributed by atoms with Crippen molar-refractivity contribution in [2.45, 2.75) is 25.8 Å². The predicted octanol–water partition coefficient (Wildman–Crippen LogP) is 2.76. The Labute approximate surface area is 133 Å². The Balaban J connectivity index is 0.00000200. The number of halogens is 3. The number of nitrogens with zero attached hydrogens (tertiary/aromatic N) is 1. The Morgan fingerprint density at radius 3 is 2.95 bits per heavy atom. The number of amides is 1. The van der Waals surface area contributed by atoms with E-state index in [4.69, 9.17) is 0 Å². The number of rotatable bonds is 3. The minimum absolute atomic E-state index is 0. The van der Waals surface area contributed by atoms with Crippen LogP contribution in [0.5, 0.6) is 0 Å². The minimum Gasteiger partial charge on any atom is -0.337 e. The second-order valence-corrected chi connectivity index (χ2v) is 5.79. The summed E-state index contributed by atoms with van der Waals surface area (Å²) >= 11 is 3.22. The van der Waals surface area contributed by atoms with E-state index in [-0.39, 0.29) is 30.2 Å². The smallest absolute Gasteiger partial charge is 0.223 e. The molecule has 0 radical (unpaired) electrons. The Bertz CT molecular complexity index is 472. The first-order valence-electron chi connectivity index (χ1n) is 6.52. The topological polar surface area (TPSA) is 32.3 Å². The van der Waals surface area contributed by atoms with Crippen LogP contribution in [-0.2, 0) is 11.2 Å². The molecule has 1 N–H and O–H groups in total.